The molecule has 5 rings (SSSR count). The number of amides is 3. The Labute approximate surface area is 229 Å². The van der Waals surface area contributed by atoms with Gasteiger partial charge in [-0.05, 0) is 53.7 Å². The van der Waals surface area contributed by atoms with Gasteiger partial charge in [-0.25, -0.2) is 0 Å². The number of aromatic nitrogens is 2. The van der Waals surface area contributed by atoms with E-state index in [0.29, 0.717) is 18.7 Å². The SMILES string of the molecule is NC(=O)c1nsc(C(=O)N(Cc2ccccc2)[C@@H](C(=O)NC[C@@H]2CCCO2)c2ccc3ncccc3c2)c1N. The monoisotopic (exact) mass is 544 g/mol. The highest BCUT2D eigenvalue weighted by Crippen LogP contribution is 2.31. The number of carbonyl (C=O) groups excluding carboxylic acids is 3. The van der Waals surface area contributed by atoms with Crippen LogP contribution in [-0.2, 0) is 16.1 Å². The number of nitrogens with zero attached hydrogens (tertiary/aromatic N) is 3. The summed E-state index contributed by atoms with van der Waals surface area (Å²) < 4.78 is 9.69. The number of ether oxygens (including phenoxy) is 1. The van der Waals surface area contributed by atoms with Crippen molar-refractivity contribution >= 4 is 45.8 Å². The van der Waals surface area contributed by atoms with Gasteiger partial charge in [0.15, 0.2) is 5.69 Å². The first-order valence-corrected chi connectivity index (χ1v) is 13.3. The summed E-state index contributed by atoms with van der Waals surface area (Å²) in [5, 5.41) is 3.82. The summed E-state index contributed by atoms with van der Waals surface area (Å²) in [4.78, 5) is 45.7. The van der Waals surface area contributed by atoms with Gasteiger partial charge in [-0.1, -0.05) is 42.5 Å². The molecule has 1 saturated heterocycles. The van der Waals surface area contributed by atoms with E-state index in [4.69, 9.17) is 16.2 Å². The number of anilines is 1. The van der Waals surface area contributed by atoms with Gasteiger partial charge in [0, 0.05) is 31.3 Å². The number of fused-ring (bicyclic) bond motifs is 1. The van der Waals surface area contributed by atoms with Gasteiger partial charge in [-0.3, -0.25) is 19.4 Å². The molecule has 0 spiro atoms. The third kappa shape index (κ3) is 5.74. The van der Waals surface area contributed by atoms with E-state index in [-0.39, 0.29) is 34.8 Å². The molecule has 1 fully saturated rings. The lowest BCUT2D eigenvalue weighted by atomic mass is 10.00. The van der Waals surface area contributed by atoms with Gasteiger partial charge < -0.3 is 26.4 Å². The van der Waals surface area contributed by atoms with Crippen LogP contribution < -0.4 is 16.8 Å². The quantitative estimate of drug-likeness (QED) is 0.293. The van der Waals surface area contributed by atoms with Crippen LogP contribution in [0.2, 0.25) is 0 Å². The van der Waals surface area contributed by atoms with Crippen LogP contribution >= 0.6 is 11.5 Å². The van der Waals surface area contributed by atoms with E-state index in [0.717, 1.165) is 40.8 Å². The zero-order valence-electron chi connectivity index (χ0n) is 21.1. The number of pyridine rings is 1. The van der Waals surface area contributed by atoms with Gasteiger partial charge in [0.05, 0.1) is 17.3 Å². The van der Waals surface area contributed by atoms with Crippen LogP contribution in [0.1, 0.15) is 50.2 Å². The molecular weight excluding hydrogens is 516 g/mol. The van der Waals surface area contributed by atoms with Crippen molar-refractivity contribution in [2.24, 2.45) is 5.73 Å². The summed E-state index contributed by atoms with van der Waals surface area (Å²) >= 11 is 0.783. The fourth-order valence-corrected chi connectivity index (χ4v) is 5.43. The molecule has 3 amide bonds. The van der Waals surface area contributed by atoms with E-state index in [1.807, 2.05) is 54.6 Å². The van der Waals surface area contributed by atoms with Gasteiger partial charge in [-0.2, -0.15) is 4.37 Å². The standard InChI is InChI=1S/C28H28N6O4S/c29-22-23(26(30)35)33-39-25(22)28(37)34(16-17-6-2-1-3-7-17)24(27(36)32-15-20-9-5-13-38-20)19-10-11-21-18(14-19)8-4-12-31-21/h1-4,6-8,10-12,14,20,24H,5,9,13,15-16,29H2,(H2,30,35)(H,32,36)/t20-,24+/m0/s1. The van der Waals surface area contributed by atoms with E-state index in [9.17, 15) is 14.4 Å². The van der Waals surface area contributed by atoms with Crippen LogP contribution in [0.15, 0.2) is 66.9 Å². The molecule has 11 heteroatoms. The topological polar surface area (TPSA) is 154 Å². The third-order valence-corrected chi connectivity index (χ3v) is 7.49. The Balaban J connectivity index is 1.59. The maximum absolute atomic E-state index is 14.1. The second-order valence-electron chi connectivity index (χ2n) is 9.30. The molecule has 0 radical (unpaired) electrons. The summed E-state index contributed by atoms with van der Waals surface area (Å²) in [6.45, 7) is 1.09. The first-order valence-electron chi connectivity index (χ1n) is 12.6. The number of nitrogens with two attached hydrogens (primary N) is 2. The zero-order valence-corrected chi connectivity index (χ0v) is 21.9. The average molecular weight is 545 g/mol. The largest absolute Gasteiger partial charge is 0.395 e. The van der Waals surface area contributed by atoms with Crippen molar-refractivity contribution in [2.45, 2.75) is 31.5 Å². The molecule has 4 aromatic rings. The van der Waals surface area contributed by atoms with Gasteiger partial charge in [0.25, 0.3) is 11.8 Å². The summed E-state index contributed by atoms with van der Waals surface area (Å²) in [5.41, 5.74) is 13.4. The van der Waals surface area contributed by atoms with Crippen molar-refractivity contribution in [2.75, 3.05) is 18.9 Å². The summed E-state index contributed by atoms with van der Waals surface area (Å²) in [7, 11) is 0. The molecule has 1 aliphatic heterocycles. The minimum atomic E-state index is -1.03. The number of nitrogen functional groups attached to an aromatic ring is 1. The van der Waals surface area contributed by atoms with Crippen molar-refractivity contribution in [3.8, 4) is 0 Å². The van der Waals surface area contributed by atoms with Crippen molar-refractivity contribution < 1.29 is 19.1 Å². The van der Waals surface area contributed by atoms with Crippen LogP contribution in [0.4, 0.5) is 5.69 Å². The van der Waals surface area contributed by atoms with Gasteiger partial charge in [0.2, 0.25) is 5.91 Å². The lowest BCUT2D eigenvalue weighted by molar-refractivity contribution is -0.126. The molecule has 2 aromatic heterocycles. The molecule has 0 aliphatic carbocycles. The number of benzene rings is 2. The smallest absolute Gasteiger partial charge is 0.270 e. The lowest BCUT2D eigenvalue weighted by Gasteiger charge is -2.32. The maximum Gasteiger partial charge on any atom is 0.270 e. The molecule has 5 N–H and O–H groups in total. The number of nitrogens with one attached hydrogen (secondary N) is 1. The number of hydrogen-bond donors (Lipinski definition) is 3. The van der Waals surface area contributed by atoms with Gasteiger partial charge >= 0.3 is 0 Å². The second kappa shape index (κ2) is 11.6. The Morgan fingerprint density at radius 3 is 2.67 bits per heavy atom. The van der Waals surface area contributed by atoms with Crippen molar-refractivity contribution in [1.82, 2.24) is 19.6 Å². The minimum Gasteiger partial charge on any atom is -0.395 e. The highest BCUT2D eigenvalue weighted by molar-refractivity contribution is 7.09. The molecule has 200 valence electrons. The minimum absolute atomic E-state index is 0.0408. The van der Waals surface area contributed by atoms with Gasteiger partial charge in [-0.15, -0.1) is 0 Å². The number of hydrogen-bond acceptors (Lipinski definition) is 8. The van der Waals surface area contributed by atoms with E-state index in [1.165, 1.54) is 4.90 Å². The molecule has 0 saturated carbocycles. The molecule has 3 heterocycles. The van der Waals surface area contributed by atoms with Crippen molar-refractivity contribution in [1.29, 1.82) is 0 Å². The van der Waals surface area contributed by atoms with E-state index in [2.05, 4.69) is 14.7 Å². The Morgan fingerprint density at radius 1 is 1.13 bits per heavy atom. The lowest BCUT2D eigenvalue weighted by Crippen LogP contribution is -2.45. The Kier molecular flexibility index (Phi) is 7.80. The number of carbonyl (C=O) groups is 3. The Hall–Kier alpha value is -4.35. The van der Waals surface area contributed by atoms with Crippen LogP contribution in [0.25, 0.3) is 10.9 Å². The van der Waals surface area contributed by atoms with E-state index in [1.54, 1.807) is 12.3 Å². The summed E-state index contributed by atoms with van der Waals surface area (Å²) in [6, 6.07) is 17.5. The first-order chi connectivity index (χ1) is 18.9. The summed E-state index contributed by atoms with van der Waals surface area (Å²) in [5.74, 6) is -1.73. The predicted octanol–water partition coefficient (Wildman–Crippen LogP) is 3.05. The molecule has 2 atom stereocenters. The number of rotatable bonds is 9. The molecule has 0 unspecified atom stereocenters. The molecular formula is C28H28N6O4S. The average Bonchev–Trinajstić information content (AvgIpc) is 3.61. The molecule has 39 heavy (non-hydrogen) atoms. The summed E-state index contributed by atoms with van der Waals surface area (Å²) in [6.07, 6.45) is 3.41. The molecule has 10 nitrogen and oxygen atoms in total. The second-order valence-corrected chi connectivity index (χ2v) is 10.1. The fourth-order valence-electron chi connectivity index (χ4n) is 4.67. The van der Waals surface area contributed by atoms with Crippen LogP contribution in [0.5, 0.6) is 0 Å². The normalized spacial score (nSPS) is 15.6. The van der Waals surface area contributed by atoms with Gasteiger partial charge in [0.1, 0.15) is 10.9 Å². The third-order valence-electron chi connectivity index (χ3n) is 6.64. The first kappa shape index (κ1) is 26.3. The van der Waals surface area contributed by atoms with E-state index >= 15 is 0 Å². The molecule has 0 bridgehead atoms. The van der Waals surface area contributed by atoms with Crippen molar-refractivity contribution in [3.05, 3.63) is 88.6 Å². The molecule has 2 aromatic carbocycles. The predicted molar refractivity (Wildman–Crippen MR) is 148 cm³/mol. The highest BCUT2D eigenvalue weighted by Gasteiger charge is 2.35. The Morgan fingerprint density at radius 2 is 1.95 bits per heavy atom. The van der Waals surface area contributed by atoms with Crippen LogP contribution in [0, 0.1) is 0 Å². The zero-order chi connectivity index (χ0) is 27.4. The highest BCUT2D eigenvalue weighted by atomic mass is 32.1. The van der Waals surface area contributed by atoms with Crippen LogP contribution in [-0.4, -0.2) is 51.2 Å². The molecule has 1 aliphatic rings. The fraction of sp³-hybridized carbons (Fsp3) is 0.250. The van der Waals surface area contributed by atoms with E-state index < -0.39 is 17.9 Å². The maximum atomic E-state index is 14.1. The van der Waals surface area contributed by atoms with Crippen molar-refractivity contribution in [3.63, 3.8) is 0 Å². The number of primary amides is 1. The van der Waals surface area contributed by atoms with Crippen LogP contribution in [0.3, 0.4) is 0 Å². The Bertz CT molecular complexity index is 1500.